The molecule has 2 atom stereocenters. The Balaban J connectivity index is 2.35. The predicted octanol–water partition coefficient (Wildman–Crippen LogP) is 1.28. The molecule has 0 bridgehead atoms. The fourth-order valence-electron chi connectivity index (χ4n) is 1.41. The number of carboxylic acid groups (broad SMARTS) is 1. The van der Waals surface area contributed by atoms with Gasteiger partial charge in [0.25, 0.3) is 0 Å². The normalized spacial score (nSPS) is 13.9. The number of carbonyl (C=O) groups is 1. The lowest BCUT2D eigenvalue weighted by atomic mass is 10.3. The number of aromatic carboxylic acids is 1. The van der Waals surface area contributed by atoms with Crippen molar-refractivity contribution in [1.82, 2.24) is 4.98 Å². The van der Waals surface area contributed by atoms with Gasteiger partial charge in [-0.3, -0.25) is 0 Å². The first-order valence-corrected chi connectivity index (χ1v) is 7.12. The molecule has 0 aromatic carbocycles. The summed E-state index contributed by atoms with van der Waals surface area (Å²) in [6.07, 6.45) is 0.720. The molecule has 112 valence electrons. The average molecular weight is 301 g/mol. The predicted molar refractivity (Wildman–Crippen MR) is 75.2 cm³/mol. The van der Waals surface area contributed by atoms with Crippen LogP contribution in [0.3, 0.4) is 0 Å². The summed E-state index contributed by atoms with van der Waals surface area (Å²) >= 11 is 1.29. The van der Waals surface area contributed by atoms with Crippen LogP contribution < -0.4 is 0 Å². The zero-order chi connectivity index (χ0) is 15.0. The molecule has 0 spiro atoms. The fraction of sp³-hybridized carbons (Fsp3) is 0.538. The molecule has 7 heteroatoms. The zero-order valence-corrected chi connectivity index (χ0v) is 12.3. The molecule has 2 N–H and O–H groups in total. The number of methoxy groups -OCH3 is 1. The first-order valence-electron chi connectivity index (χ1n) is 6.13. The standard InChI is InChI=1S/C13H19NO5S/c1-9(6-18-2)19-7-11(15)8-20-12-5-10(13(16)17)3-4-14-12/h3-5,9,11,15H,6-8H2,1-2H3,(H,16,17). The summed E-state index contributed by atoms with van der Waals surface area (Å²) in [5, 5.41) is 19.2. The van der Waals surface area contributed by atoms with E-state index in [4.69, 9.17) is 14.6 Å². The van der Waals surface area contributed by atoms with Crippen molar-refractivity contribution in [1.29, 1.82) is 0 Å². The Kier molecular flexibility index (Phi) is 7.53. The number of hydrogen-bond acceptors (Lipinski definition) is 6. The van der Waals surface area contributed by atoms with Gasteiger partial charge in [-0.1, -0.05) is 0 Å². The molecular weight excluding hydrogens is 282 g/mol. The van der Waals surface area contributed by atoms with E-state index in [1.54, 1.807) is 7.11 Å². The highest BCUT2D eigenvalue weighted by Crippen LogP contribution is 2.17. The van der Waals surface area contributed by atoms with Crippen molar-refractivity contribution in [2.75, 3.05) is 26.1 Å². The molecule has 2 unspecified atom stereocenters. The molecule has 1 aromatic rings. The summed E-state index contributed by atoms with van der Waals surface area (Å²) < 4.78 is 10.3. The second-order valence-corrected chi connectivity index (χ2v) is 5.29. The van der Waals surface area contributed by atoms with Gasteiger partial charge >= 0.3 is 5.97 Å². The summed E-state index contributed by atoms with van der Waals surface area (Å²) in [5.41, 5.74) is 0.182. The van der Waals surface area contributed by atoms with Gasteiger partial charge < -0.3 is 19.7 Å². The molecule has 1 rings (SSSR count). The summed E-state index contributed by atoms with van der Waals surface area (Å²) in [7, 11) is 1.59. The van der Waals surface area contributed by atoms with Gasteiger partial charge in [-0.2, -0.15) is 0 Å². The monoisotopic (exact) mass is 301 g/mol. The number of ether oxygens (including phenoxy) is 2. The summed E-state index contributed by atoms with van der Waals surface area (Å²) in [5.74, 6) is -0.609. The van der Waals surface area contributed by atoms with Crippen LogP contribution in [-0.4, -0.2) is 59.5 Å². The van der Waals surface area contributed by atoms with Gasteiger partial charge in [0.05, 0.1) is 36.0 Å². The third kappa shape index (κ3) is 6.33. The molecule has 1 aromatic heterocycles. The van der Waals surface area contributed by atoms with Gasteiger partial charge in [0, 0.05) is 19.1 Å². The van der Waals surface area contributed by atoms with Crippen LogP contribution in [0.1, 0.15) is 17.3 Å². The lowest BCUT2D eigenvalue weighted by Gasteiger charge is -2.15. The van der Waals surface area contributed by atoms with E-state index in [0.29, 0.717) is 17.4 Å². The lowest BCUT2D eigenvalue weighted by molar-refractivity contribution is -0.0257. The Morgan fingerprint density at radius 1 is 1.50 bits per heavy atom. The molecule has 0 radical (unpaired) electrons. The minimum absolute atomic E-state index is 0.0758. The molecule has 20 heavy (non-hydrogen) atoms. The number of nitrogens with zero attached hydrogens (tertiary/aromatic N) is 1. The second kappa shape index (κ2) is 8.91. The first kappa shape index (κ1) is 16.9. The highest BCUT2D eigenvalue weighted by molar-refractivity contribution is 7.99. The number of rotatable bonds is 9. The van der Waals surface area contributed by atoms with Crippen LogP contribution in [0.2, 0.25) is 0 Å². The molecule has 6 nitrogen and oxygen atoms in total. The largest absolute Gasteiger partial charge is 0.478 e. The van der Waals surface area contributed by atoms with Crippen molar-refractivity contribution in [2.45, 2.75) is 24.2 Å². The van der Waals surface area contributed by atoms with Gasteiger partial charge in [-0.15, -0.1) is 11.8 Å². The molecule has 1 heterocycles. The lowest BCUT2D eigenvalue weighted by Crippen LogP contribution is -2.24. The third-order valence-electron chi connectivity index (χ3n) is 2.38. The van der Waals surface area contributed by atoms with E-state index >= 15 is 0 Å². The fourth-order valence-corrected chi connectivity index (χ4v) is 2.21. The van der Waals surface area contributed by atoms with Gasteiger partial charge in [0.2, 0.25) is 0 Å². The minimum Gasteiger partial charge on any atom is -0.478 e. The molecule has 0 amide bonds. The Labute approximate surface area is 122 Å². The molecule has 0 aliphatic carbocycles. The minimum atomic E-state index is -0.994. The number of pyridine rings is 1. The second-order valence-electron chi connectivity index (χ2n) is 4.25. The van der Waals surface area contributed by atoms with Gasteiger partial charge in [0.15, 0.2) is 0 Å². The van der Waals surface area contributed by atoms with Crippen LogP contribution in [-0.2, 0) is 9.47 Å². The maximum Gasteiger partial charge on any atom is 0.335 e. The quantitative estimate of drug-likeness (QED) is 0.664. The van der Waals surface area contributed by atoms with E-state index in [-0.39, 0.29) is 18.3 Å². The Hall–Kier alpha value is -1.15. The SMILES string of the molecule is COCC(C)OCC(O)CSc1cc(C(=O)O)ccn1. The van der Waals surface area contributed by atoms with Gasteiger partial charge in [-0.25, -0.2) is 9.78 Å². The van der Waals surface area contributed by atoms with Crippen molar-refractivity contribution >= 4 is 17.7 Å². The van der Waals surface area contributed by atoms with Crippen molar-refractivity contribution in [3.63, 3.8) is 0 Å². The number of carboxylic acids is 1. The summed E-state index contributed by atoms with van der Waals surface area (Å²) in [4.78, 5) is 14.9. The average Bonchev–Trinajstić information content (AvgIpc) is 2.43. The van der Waals surface area contributed by atoms with Crippen molar-refractivity contribution in [3.8, 4) is 0 Å². The zero-order valence-electron chi connectivity index (χ0n) is 11.5. The van der Waals surface area contributed by atoms with Gasteiger partial charge in [-0.05, 0) is 19.1 Å². The van der Waals surface area contributed by atoms with E-state index in [1.165, 1.54) is 30.1 Å². The van der Waals surface area contributed by atoms with Crippen LogP contribution in [0.4, 0.5) is 0 Å². The number of aliphatic hydroxyl groups excluding tert-OH is 1. The highest BCUT2D eigenvalue weighted by atomic mass is 32.2. The Morgan fingerprint density at radius 3 is 2.90 bits per heavy atom. The molecule has 0 saturated heterocycles. The molecule has 0 fully saturated rings. The highest BCUT2D eigenvalue weighted by Gasteiger charge is 2.10. The molecule has 0 aliphatic rings. The number of thioether (sulfide) groups is 1. The van der Waals surface area contributed by atoms with Crippen LogP contribution in [0.25, 0.3) is 0 Å². The molecule has 0 saturated carbocycles. The number of aliphatic hydroxyl groups is 1. The van der Waals surface area contributed by atoms with E-state index in [2.05, 4.69) is 4.98 Å². The van der Waals surface area contributed by atoms with E-state index in [9.17, 15) is 9.90 Å². The van der Waals surface area contributed by atoms with Crippen molar-refractivity contribution in [3.05, 3.63) is 23.9 Å². The first-order chi connectivity index (χ1) is 9.52. The van der Waals surface area contributed by atoms with Crippen LogP contribution in [0, 0.1) is 0 Å². The van der Waals surface area contributed by atoms with E-state index < -0.39 is 12.1 Å². The van der Waals surface area contributed by atoms with E-state index in [1.807, 2.05) is 6.92 Å². The maximum atomic E-state index is 10.8. The van der Waals surface area contributed by atoms with Crippen LogP contribution in [0.5, 0.6) is 0 Å². The van der Waals surface area contributed by atoms with Gasteiger partial charge in [0.1, 0.15) is 0 Å². The topological polar surface area (TPSA) is 88.9 Å². The molecular formula is C13H19NO5S. The number of aromatic nitrogens is 1. The smallest absolute Gasteiger partial charge is 0.335 e. The third-order valence-corrected chi connectivity index (χ3v) is 3.45. The molecule has 0 aliphatic heterocycles. The van der Waals surface area contributed by atoms with Crippen LogP contribution >= 0.6 is 11.8 Å². The summed E-state index contributed by atoms with van der Waals surface area (Å²) in [6.45, 7) is 2.54. The maximum absolute atomic E-state index is 10.8. The van der Waals surface area contributed by atoms with Crippen LogP contribution in [0.15, 0.2) is 23.4 Å². The van der Waals surface area contributed by atoms with Crippen molar-refractivity contribution < 1.29 is 24.5 Å². The Bertz CT molecular complexity index is 429. The summed E-state index contributed by atoms with van der Waals surface area (Å²) in [6, 6.07) is 2.91. The van der Waals surface area contributed by atoms with E-state index in [0.717, 1.165) is 0 Å². The number of hydrogen-bond donors (Lipinski definition) is 2. The van der Waals surface area contributed by atoms with Crippen molar-refractivity contribution in [2.24, 2.45) is 0 Å². The Morgan fingerprint density at radius 2 is 2.25 bits per heavy atom.